The fourth-order valence-corrected chi connectivity index (χ4v) is 3.73. The Bertz CT molecular complexity index is 785. The number of carbonyl (C=O) groups excluding carboxylic acids is 2. The van der Waals surface area contributed by atoms with Gasteiger partial charge in [-0.25, -0.2) is 4.79 Å². The number of hydrogen-bond donors (Lipinski definition) is 1. The van der Waals surface area contributed by atoms with E-state index >= 15 is 0 Å². The van der Waals surface area contributed by atoms with Crippen molar-refractivity contribution in [3.8, 4) is 0 Å². The molecule has 0 aliphatic carbocycles. The molecule has 1 atom stereocenters. The van der Waals surface area contributed by atoms with E-state index in [0.29, 0.717) is 25.6 Å². The molecule has 0 spiro atoms. The Balaban J connectivity index is 2.18. The molecular formula is C24H35N3O2S. The van der Waals surface area contributed by atoms with Crippen molar-refractivity contribution in [2.75, 3.05) is 13.1 Å². The van der Waals surface area contributed by atoms with Crippen LogP contribution < -0.4 is 5.32 Å². The fraction of sp³-hybridized carbons (Fsp3) is 0.500. The average molecular weight is 430 g/mol. The Labute approximate surface area is 185 Å². The van der Waals surface area contributed by atoms with Crippen molar-refractivity contribution < 1.29 is 9.59 Å². The average Bonchev–Trinajstić information content (AvgIpc) is 3.19. The lowest BCUT2D eigenvalue weighted by atomic mass is 10.1. The summed E-state index contributed by atoms with van der Waals surface area (Å²) in [7, 11) is 0. The number of rotatable bonds is 9. The highest BCUT2D eigenvalue weighted by Crippen LogP contribution is 2.16. The molecule has 1 N–H and O–H groups in total. The summed E-state index contributed by atoms with van der Waals surface area (Å²) in [5, 5.41) is 5.03. The van der Waals surface area contributed by atoms with Gasteiger partial charge in [0.1, 0.15) is 6.54 Å². The molecule has 0 aliphatic rings. The molecule has 30 heavy (non-hydrogen) atoms. The highest BCUT2D eigenvalue weighted by atomic mass is 32.1. The van der Waals surface area contributed by atoms with E-state index in [1.165, 1.54) is 0 Å². The van der Waals surface area contributed by atoms with Crippen molar-refractivity contribution in [1.29, 1.82) is 0 Å². The zero-order valence-corrected chi connectivity index (χ0v) is 19.7. The van der Waals surface area contributed by atoms with E-state index in [-0.39, 0.29) is 24.0 Å². The first kappa shape index (κ1) is 23.9. The number of hydrogen-bond acceptors (Lipinski definition) is 3. The summed E-state index contributed by atoms with van der Waals surface area (Å²) in [6.45, 7) is 11.8. The molecule has 2 rings (SSSR count). The minimum atomic E-state index is -0.353. The standard InChI is InChI=1S/C24H35N3O2S/c1-6-19(2)15-27(23(29)25-24(3,4)5)18-22(28)26(17-21-13-10-14-30-21)16-20-11-8-7-9-12-20/h7-14,19H,6,15-18H2,1-5H3,(H,25,29). The van der Waals surface area contributed by atoms with Crippen LogP contribution in [0.3, 0.4) is 0 Å². The van der Waals surface area contributed by atoms with Gasteiger partial charge in [-0.1, -0.05) is 56.7 Å². The lowest BCUT2D eigenvalue weighted by molar-refractivity contribution is -0.133. The van der Waals surface area contributed by atoms with Crippen molar-refractivity contribution >= 4 is 23.3 Å². The highest BCUT2D eigenvalue weighted by molar-refractivity contribution is 7.09. The maximum atomic E-state index is 13.3. The molecule has 1 heterocycles. The first-order valence-electron chi connectivity index (χ1n) is 10.6. The van der Waals surface area contributed by atoms with E-state index in [2.05, 4.69) is 19.2 Å². The van der Waals surface area contributed by atoms with Crippen molar-refractivity contribution in [3.05, 3.63) is 58.3 Å². The summed E-state index contributed by atoms with van der Waals surface area (Å²) in [5.41, 5.74) is 0.726. The van der Waals surface area contributed by atoms with E-state index < -0.39 is 0 Å². The molecule has 0 aliphatic heterocycles. The molecule has 164 valence electrons. The van der Waals surface area contributed by atoms with Gasteiger partial charge in [0.05, 0.1) is 6.54 Å². The van der Waals surface area contributed by atoms with Gasteiger partial charge in [0.25, 0.3) is 0 Å². The number of nitrogens with zero attached hydrogens (tertiary/aromatic N) is 2. The fourth-order valence-electron chi connectivity index (χ4n) is 3.01. The highest BCUT2D eigenvalue weighted by Gasteiger charge is 2.25. The maximum absolute atomic E-state index is 13.3. The predicted octanol–water partition coefficient (Wildman–Crippen LogP) is 5.13. The molecule has 1 aromatic carbocycles. The third-order valence-corrected chi connectivity index (χ3v) is 5.68. The SMILES string of the molecule is CCC(C)CN(CC(=O)N(Cc1ccccc1)Cc1cccs1)C(=O)NC(C)(C)C. The molecule has 0 bridgehead atoms. The second-order valence-corrected chi connectivity index (χ2v) is 9.92. The number of amides is 3. The van der Waals surface area contributed by atoms with Gasteiger partial charge in [0, 0.05) is 23.5 Å². The molecule has 1 unspecified atom stereocenters. The van der Waals surface area contributed by atoms with Gasteiger partial charge in [-0.05, 0) is 43.7 Å². The van der Waals surface area contributed by atoms with Crippen LogP contribution in [0.1, 0.15) is 51.5 Å². The second kappa shape index (κ2) is 11.2. The Morgan fingerprint density at radius 2 is 1.73 bits per heavy atom. The van der Waals surface area contributed by atoms with Crippen LogP contribution in [0.4, 0.5) is 4.79 Å². The molecule has 0 radical (unpaired) electrons. The molecular weight excluding hydrogens is 394 g/mol. The van der Waals surface area contributed by atoms with Gasteiger partial charge in [0.15, 0.2) is 0 Å². The van der Waals surface area contributed by atoms with Gasteiger partial charge in [-0.3, -0.25) is 4.79 Å². The van der Waals surface area contributed by atoms with Crippen LogP contribution in [-0.4, -0.2) is 40.4 Å². The zero-order chi connectivity index (χ0) is 22.1. The number of carbonyl (C=O) groups is 2. The zero-order valence-electron chi connectivity index (χ0n) is 18.9. The van der Waals surface area contributed by atoms with Crippen molar-refractivity contribution in [2.45, 2.75) is 59.7 Å². The van der Waals surface area contributed by atoms with Gasteiger partial charge in [-0.15, -0.1) is 11.3 Å². The van der Waals surface area contributed by atoms with Gasteiger partial charge < -0.3 is 15.1 Å². The molecule has 0 saturated heterocycles. The van der Waals surface area contributed by atoms with E-state index in [0.717, 1.165) is 16.9 Å². The molecule has 2 aromatic rings. The quantitative estimate of drug-likeness (QED) is 0.600. The maximum Gasteiger partial charge on any atom is 0.318 e. The number of urea groups is 1. The largest absolute Gasteiger partial charge is 0.333 e. The van der Waals surface area contributed by atoms with Crippen LogP contribution in [0.2, 0.25) is 0 Å². The van der Waals surface area contributed by atoms with Crippen molar-refractivity contribution in [3.63, 3.8) is 0 Å². The van der Waals surface area contributed by atoms with E-state index in [1.54, 1.807) is 16.2 Å². The van der Waals surface area contributed by atoms with Crippen molar-refractivity contribution in [2.24, 2.45) is 5.92 Å². The molecule has 0 saturated carbocycles. The van der Waals surface area contributed by atoms with Crippen LogP contribution in [0, 0.1) is 5.92 Å². The number of nitrogens with one attached hydrogen (secondary N) is 1. The van der Waals surface area contributed by atoms with Gasteiger partial charge in [0.2, 0.25) is 5.91 Å². The summed E-state index contributed by atoms with van der Waals surface area (Å²) < 4.78 is 0. The molecule has 5 nitrogen and oxygen atoms in total. The third-order valence-electron chi connectivity index (χ3n) is 4.82. The number of benzene rings is 1. The van der Waals surface area contributed by atoms with Crippen LogP contribution >= 0.6 is 11.3 Å². The van der Waals surface area contributed by atoms with Crippen LogP contribution in [0.25, 0.3) is 0 Å². The predicted molar refractivity (Wildman–Crippen MR) is 124 cm³/mol. The van der Waals surface area contributed by atoms with E-state index in [1.807, 2.05) is 73.5 Å². The molecule has 1 aromatic heterocycles. The Hall–Kier alpha value is -2.34. The van der Waals surface area contributed by atoms with Crippen molar-refractivity contribution in [1.82, 2.24) is 15.1 Å². The van der Waals surface area contributed by atoms with Crippen LogP contribution in [0.5, 0.6) is 0 Å². The monoisotopic (exact) mass is 429 g/mol. The Morgan fingerprint density at radius 3 is 2.30 bits per heavy atom. The lowest BCUT2D eigenvalue weighted by Gasteiger charge is -2.32. The summed E-state index contributed by atoms with van der Waals surface area (Å²) in [4.78, 5) is 30.9. The first-order valence-corrected chi connectivity index (χ1v) is 11.5. The minimum absolute atomic E-state index is 0.0420. The molecule has 3 amide bonds. The summed E-state index contributed by atoms with van der Waals surface area (Å²) in [5.74, 6) is 0.281. The summed E-state index contributed by atoms with van der Waals surface area (Å²) in [6, 6.07) is 13.8. The van der Waals surface area contributed by atoms with E-state index in [4.69, 9.17) is 0 Å². The Morgan fingerprint density at radius 1 is 1.03 bits per heavy atom. The van der Waals surface area contributed by atoms with Gasteiger partial charge >= 0.3 is 6.03 Å². The second-order valence-electron chi connectivity index (χ2n) is 8.89. The molecule has 6 heteroatoms. The summed E-state index contributed by atoms with van der Waals surface area (Å²) in [6.07, 6.45) is 0.955. The lowest BCUT2D eigenvalue weighted by Crippen LogP contribution is -2.52. The third kappa shape index (κ3) is 8.19. The normalized spacial score (nSPS) is 12.3. The van der Waals surface area contributed by atoms with Gasteiger partial charge in [-0.2, -0.15) is 0 Å². The molecule has 0 fully saturated rings. The summed E-state index contributed by atoms with van der Waals surface area (Å²) >= 11 is 1.64. The number of thiophene rings is 1. The first-order chi connectivity index (χ1) is 14.2. The Kier molecular flexibility index (Phi) is 8.90. The van der Waals surface area contributed by atoms with E-state index in [9.17, 15) is 9.59 Å². The smallest absolute Gasteiger partial charge is 0.318 e. The van der Waals surface area contributed by atoms with Crippen LogP contribution in [-0.2, 0) is 17.9 Å². The minimum Gasteiger partial charge on any atom is -0.333 e. The topological polar surface area (TPSA) is 52.7 Å². The van der Waals surface area contributed by atoms with Crippen LogP contribution in [0.15, 0.2) is 47.8 Å².